The van der Waals surface area contributed by atoms with Crippen LogP contribution in [0.3, 0.4) is 0 Å². The lowest BCUT2D eigenvalue weighted by atomic mass is 10.1. The Kier molecular flexibility index (Phi) is 2.33. The zero-order chi connectivity index (χ0) is 10.1. The molecule has 0 aromatic heterocycles. The van der Waals surface area contributed by atoms with Gasteiger partial charge in [-0.15, -0.1) is 0 Å². The molecule has 0 fully saturated rings. The minimum Gasteiger partial charge on any atom is -0.508 e. The van der Waals surface area contributed by atoms with Crippen molar-refractivity contribution in [2.45, 2.75) is 19.4 Å². The lowest BCUT2D eigenvalue weighted by Crippen LogP contribution is -2.37. The Labute approximate surface area is 84.1 Å². The first-order valence-corrected chi connectivity index (χ1v) is 5.05. The van der Waals surface area contributed by atoms with Gasteiger partial charge in [0.15, 0.2) is 0 Å². The largest absolute Gasteiger partial charge is 0.508 e. The van der Waals surface area contributed by atoms with Crippen LogP contribution in [0, 0.1) is 0 Å². The van der Waals surface area contributed by atoms with Gasteiger partial charge in [0.05, 0.1) is 0 Å². The van der Waals surface area contributed by atoms with Crippen LogP contribution in [0.15, 0.2) is 18.2 Å². The number of aromatic hydroxyl groups is 1. The van der Waals surface area contributed by atoms with Crippen LogP contribution >= 0.6 is 0 Å². The molecule has 0 spiro atoms. The summed E-state index contributed by atoms with van der Waals surface area (Å²) < 4.78 is 0. The third-order valence-corrected chi connectivity index (χ3v) is 2.93. The van der Waals surface area contributed by atoms with E-state index in [9.17, 15) is 5.11 Å². The molecule has 0 radical (unpaired) electrons. The van der Waals surface area contributed by atoms with E-state index in [2.05, 4.69) is 11.8 Å². The first kappa shape index (κ1) is 9.34. The molecule has 1 aliphatic heterocycles. The second-order valence-electron chi connectivity index (χ2n) is 3.65. The molecule has 1 unspecified atom stereocenters. The SMILES string of the molecule is CCN1c2cccc(O)c2CC1CN. The van der Waals surface area contributed by atoms with Gasteiger partial charge in [0.25, 0.3) is 0 Å². The summed E-state index contributed by atoms with van der Waals surface area (Å²) in [5.74, 6) is 0.400. The van der Waals surface area contributed by atoms with Gasteiger partial charge in [-0.3, -0.25) is 0 Å². The molecule has 1 heterocycles. The van der Waals surface area contributed by atoms with Crippen molar-refractivity contribution < 1.29 is 5.11 Å². The summed E-state index contributed by atoms with van der Waals surface area (Å²) >= 11 is 0. The monoisotopic (exact) mass is 192 g/mol. The van der Waals surface area contributed by atoms with Crippen molar-refractivity contribution in [2.75, 3.05) is 18.0 Å². The summed E-state index contributed by atoms with van der Waals surface area (Å²) in [6, 6.07) is 6.03. The number of phenols is 1. The fourth-order valence-electron chi connectivity index (χ4n) is 2.22. The van der Waals surface area contributed by atoms with E-state index >= 15 is 0 Å². The maximum absolute atomic E-state index is 9.69. The third kappa shape index (κ3) is 1.24. The lowest BCUT2D eigenvalue weighted by Gasteiger charge is -2.24. The number of phenolic OH excluding ortho intramolecular Hbond substituents is 1. The molecule has 3 heteroatoms. The second kappa shape index (κ2) is 3.50. The molecule has 0 bridgehead atoms. The average Bonchev–Trinajstić information content (AvgIpc) is 2.57. The highest BCUT2D eigenvalue weighted by Crippen LogP contribution is 2.36. The summed E-state index contributed by atoms with van der Waals surface area (Å²) in [5, 5.41) is 9.69. The molecule has 0 amide bonds. The molecule has 14 heavy (non-hydrogen) atoms. The average molecular weight is 192 g/mol. The number of nitrogens with two attached hydrogens (primary N) is 1. The number of rotatable bonds is 2. The highest BCUT2D eigenvalue weighted by Gasteiger charge is 2.28. The predicted molar refractivity (Wildman–Crippen MR) is 57.7 cm³/mol. The fourth-order valence-corrected chi connectivity index (χ4v) is 2.22. The Morgan fingerprint density at radius 2 is 2.36 bits per heavy atom. The Morgan fingerprint density at radius 1 is 1.57 bits per heavy atom. The maximum atomic E-state index is 9.69. The van der Waals surface area contributed by atoms with Gasteiger partial charge in [0, 0.05) is 30.4 Å². The van der Waals surface area contributed by atoms with Crippen molar-refractivity contribution in [1.29, 1.82) is 0 Å². The molecule has 1 aromatic carbocycles. The van der Waals surface area contributed by atoms with Crippen LogP contribution in [0.2, 0.25) is 0 Å². The highest BCUT2D eigenvalue weighted by atomic mass is 16.3. The van der Waals surface area contributed by atoms with Gasteiger partial charge in [0.2, 0.25) is 0 Å². The van der Waals surface area contributed by atoms with Gasteiger partial charge < -0.3 is 15.7 Å². The number of benzene rings is 1. The predicted octanol–water partition coefficient (Wildman–Crippen LogP) is 1.10. The van der Waals surface area contributed by atoms with Gasteiger partial charge >= 0.3 is 0 Å². The van der Waals surface area contributed by atoms with E-state index in [0.717, 1.165) is 24.2 Å². The molecule has 3 N–H and O–H groups in total. The van der Waals surface area contributed by atoms with Crippen LogP contribution < -0.4 is 10.6 Å². The van der Waals surface area contributed by atoms with Crippen molar-refractivity contribution >= 4 is 5.69 Å². The van der Waals surface area contributed by atoms with Crippen molar-refractivity contribution in [3.63, 3.8) is 0 Å². The van der Waals surface area contributed by atoms with Crippen LogP contribution in [0.25, 0.3) is 0 Å². The highest BCUT2D eigenvalue weighted by molar-refractivity contribution is 5.64. The van der Waals surface area contributed by atoms with Crippen LogP contribution in [-0.2, 0) is 6.42 Å². The van der Waals surface area contributed by atoms with Gasteiger partial charge in [-0.1, -0.05) is 6.07 Å². The summed E-state index contributed by atoms with van der Waals surface area (Å²) in [4.78, 5) is 2.26. The Hall–Kier alpha value is -1.22. The normalized spacial score (nSPS) is 19.9. The summed E-state index contributed by atoms with van der Waals surface area (Å²) in [5.41, 5.74) is 7.89. The fraction of sp³-hybridized carbons (Fsp3) is 0.455. The molecule has 2 rings (SSSR count). The lowest BCUT2D eigenvalue weighted by molar-refractivity contribution is 0.468. The Balaban J connectivity index is 2.42. The quantitative estimate of drug-likeness (QED) is 0.737. The Morgan fingerprint density at radius 3 is 3.00 bits per heavy atom. The van der Waals surface area contributed by atoms with Crippen molar-refractivity contribution in [1.82, 2.24) is 0 Å². The molecule has 76 valence electrons. The zero-order valence-electron chi connectivity index (χ0n) is 8.40. The van der Waals surface area contributed by atoms with E-state index in [4.69, 9.17) is 5.73 Å². The number of hydrogen-bond acceptors (Lipinski definition) is 3. The van der Waals surface area contributed by atoms with Crippen LogP contribution in [0.4, 0.5) is 5.69 Å². The minimum atomic E-state index is 0.350. The van der Waals surface area contributed by atoms with Gasteiger partial charge in [-0.05, 0) is 25.5 Å². The molecule has 0 saturated carbocycles. The van der Waals surface area contributed by atoms with Crippen molar-refractivity contribution in [2.24, 2.45) is 5.73 Å². The van der Waals surface area contributed by atoms with Crippen LogP contribution in [0.1, 0.15) is 12.5 Å². The summed E-state index contributed by atoms with van der Waals surface area (Å²) in [6.07, 6.45) is 0.867. The zero-order valence-corrected chi connectivity index (χ0v) is 8.40. The smallest absolute Gasteiger partial charge is 0.120 e. The second-order valence-corrected chi connectivity index (χ2v) is 3.65. The summed E-state index contributed by atoms with van der Waals surface area (Å²) in [7, 11) is 0. The van der Waals surface area contributed by atoms with Gasteiger partial charge in [-0.25, -0.2) is 0 Å². The molecule has 1 atom stereocenters. The van der Waals surface area contributed by atoms with E-state index in [1.165, 1.54) is 0 Å². The molecular formula is C11H16N2O. The van der Waals surface area contributed by atoms with E-state index in [1.54, 1.807) is 6.07 Å². The van der Waals surface area contributed by atoms with Crippen molar-refractivity contribution in [3.8, 4) is 5.75 Å². The number of hydrogen-bond donors (Lipinski definition) is 2. The standard InChI is InChI=1S/C11H16N2O/c1-2-13-8(7-12)6-9-10(13)4-3-5-11(9)14/h3-5,8,14H,2,6-7,12H2,1H3. The number of fused-ring (bicyclic) bond motifs is 1. The van der Waals surface area contributed by atoms with E-state index < -0.39 is 0 Å². The Bertz CT molecular complexity index is 338. The van der Waals surface area contributed by atoms with Crippen molar-refractivity contribution in [3.05, 3.63) is 23.8 Å². The van der Waals surface area contributed by atoms with E-state index in [1.807, 2.05) is 12.1 Å². The third-order valence-electron chi connectivity index (χ3n) is 2.93. The first-order valence-electron chi connectivity index (χ1n) is 5.05. The molecule has 1 aromatic rings. The number of anilines is 1. The van der Waals surface area contributed by atoms with Crippen LogP contribution in [0.5, 0.6) is 5.75 Å². The van der Waals surface area contributed by atoms with Gasteiger partial charge in [0.1, 0.15) is 5.75 Å². The maximum Gasteiger partial charge on any atom is 0.120 e. The summed E-state index contributed by atoms with van der Waals surface area (Å²) in [6.45, 7) is 3.70. The molecular weight excluding hydrogens is 176 g/mol. The van der Waals surface area contributed by atoms with Crippen LogP contribution in [-0.4, -0.2) is 24.2 Å². The molecule has 0 aliphatic carbocycles. The topological polar surface area (TPSA) is 49.5 Å². The van der Waals surface area contributed by atoms with Gasteiger partial charge in [-0.2, -0.15) is 0 Å². The minimum absolute atomic E-state index is 0.350. The number of likely N-dealkylation sites (N-methyl/N-ethyl adjacent to an activating group) is 1. The first-order chi connectivity index (χ1) is 6.77. The van der Waals surface area contributed by atoms with E-state index in [0.29, 0.717) is 18.3 Å². The molecule has 1 aliphatic rings. The molecule has 3 nitrogen and oxygen atoms in total. The molecule has 0 saturated heterocycles. The number of nitrogens with zero attached hydrogens (tertiary/aromatic N) is 1. The van der Waals surface area contributed by atoms with E-state index in [-0.39, 0.29) is 0 Å².